The highest BCUT2D eigenvalue weighted by atomic mass is 16.6. The Balaban J connectivity index is 2.51. The van der Waals surface area contributed by atoms with E-state index < -0.39 is 5.97 Å². The second-order valence-electron chi connectivity index (χ2n) is 2.66. The molecule has 0 atom stereocenters. The maximum absolute atomic E-state index is 11.3. The summed E-state index contributed by atoms with van der Waals surface area (Å²) < 4.78 is 9.10. The Labute approximate surface area is 88.4 Å². The molecule has 2 aromatic rings. The number of esters is 1. The highest BCUT2D eigenvalue weighted by molar-refractivity contribution is 5.90. The Morgan fingerprint density at radius 3 is 3.00 bits per heavy atom. The van der Waals surface area contributed by atoms with Gasteiger partial charge in [0.25, 0.3) is 0 Å². The van der Waals surface area contributed by atoms with Gasteiger partial charge in [0.05, 0.1) is 6.61 Å². The van der Waals surface area contributed by atoms with Gasteiger partial charge in [0, 0.05) is 0 Å². The second kappa shape index (κ2) is 4.06. The number of carbonyl (C=O) groups is 1. The number of anilines is 1. The molecule has 0 aromatic carbocycles. The lowest BCUT2D eigenvalue weighted by Crippen LogP contribution is -2.11. The minimum atomic E-state index is -0.719. The van der Waals surface area contributed by atoms with Gasteiger partial charge in [0.2, 0.25) is 11.5 Å². The lowest BCUT2D eigenvalue weighted by Gasteiger charge is -2.01. The standard InChI is InChI=1S/C7H7N5O4/c1-2-15-7(13)6-8-4(10-14)3-5(9-6)12-16-11-3/h14H,2H2,1H3,(H,8,9,10,12). The molecule has 9 nitrogen and oxygen atoms in total. The molecule has 0 spiro atoms. The molecule has 2 rings (SSSR count). The maximum atomic E-state index is 11.3. The number of ether oxygens (including phenoxy) is 1. The number of aromatic nitrogens is 4. The molecule has 0 unspecified atom stereocenters. The molecule has 9 heteroatoms. The third-order valence-corrected chi connectivity index (χ3v) is 1.69. The third kappa shape index (κ3) is 1.63. The van der Waals surface area contributed by atoms with Crippen LogP contribution < -0.4 is 5.48 Å². The van der Waals surface area contributed by atoms with E-state index in [0.717, 1.165) is 0 Å². The maximum Gasteiger partial charge on any atom is 0.376 e. The van der Waals surface area contributed by atoms with Gasteiger partial charge in [-0.05, 0) is 17.2 Å². The van der Waals surface area contributed by atoms with Crippen molar-refractivity contribution in [3.8, 4) is 0 Å². The van der Waals surface area contributed by atoms with Crippen molar-refractivity contribution in [2.45, 2.75) is 6.92 Å². The lowest BCUT2D eigenvalue weighted by atomic mass is 10.4. The van der Waals surface area contributed by atoms with E-state index in [2.05, 4.69) is 24.9 Å². The van der Waals surface area contributed by atoms with E-state index in [1.807, 2.05) is 0 Å². The molecular formula is C7H7N5O4. The molecular weight excluding hydrogens is 218 g/mol. The van der Waals surface area contributed by atoms with Crippen LogP contribution in [-0.2, 0) is 4.74 Å². The van der Waals surface area contributed by atoms with Gasteiger partial charge < -0.3 is 4.74 Å². The molecule has 0 aliphatic rings. The van der Waals surface area contributed by atoms with Crippen LogP contribution in [0.5, 0.6) is 0 Å². The van der Waals surface area contributed by atoms with Gasteiger partial charge in [-0.3, -0.25) is 10.7 Å². The summed E-state index contributed by atoms with van der Waals surface area (Å²) in [6.07, 6.45) is 0. The first-order valence-corrected chi connectivity index (χ1v) is 4.33. The zero-order valence-electron chi connectivity index (χ0n) is 8.17. The van der Waals surface area contributed by atoms with Crippen molar-refractivity contribution in [2.24, 2.45) is 0 Å². The van der Waals surface area contributed by atoms with Crippen molar-refractivity contribution in [3.63, 3.8) is 0 Å². The number of hydrogen-bond donors (Lipinski definition) is 2. The molecule has 0 saturated heterocycles. The van der Waals surface area contributed by atoms with Crippen LogP contribution in [0.4, 0.5) is 5.82 Å². The Morgan fingerprint density at radius 1 is 1.50 bits per heavy atom. The van der Waals surface area contributed by atoms with E-state index in [1.54, 1.807) is 12.4 Å². The van der Waals surface area contributed by atoms with E-state index in [4.69, 9.17) is 9.94 Å². The van der Waals surface area contributed by atoms with Crippen LogP contribution in [-0.4, -0.2) is 38.1 Å². The molecule has 0 amide bonds. The van der Waals surface area contributed by atoms with Crippen molar-refractivity contribution in [1.82, 2.24) is 20.3 Å². The van der Waals surface area contributed by atoms with E-state index in [9.17, 15) is 4.79 Å². The van der Waals surface area contributed by atoms with Gasteiger partial charge in [-0.2, -0.15) is 4.98 Å². The Morgan fingerprint density at radius 2 is 2.31 bits per heavy atom. The summed E-state index contributed by atoms with van der Waals surface area (Å²) >= 11 is 0. The van der Waals surface area contributed by atoms with E-state index in [-0.39, 0.29) is 29.4 Å². The first kappa shape index (κ1) is 10.2. The van der Waals surface area contributed by atoms with Crippen molar-refractivity contribution in [1.29, 1.82) is 0 Å². The Kier molecular flexibility index (Phi) is 2.60. The molecule has 2 heterocycles. The Bertz CT molecular complexity index is 524. The third-order valence-electron chi connectivity index (χ3n) is 1.69. The molecule has 16 heavy (non-hydrogen) atoms. The summed E-state index contributed by atoms with van der Waals surface area (Å²) in [4.78, 5) is 18.8. The summed E-state index contributed by atoms with van der Waals surface area (Å²) in [6.45, 7) is 1.85. The van der Waals surface area contributed by atoms with Gasteiger partial charge >= 0.3 is 5.97 Å². The van der Waals surface area contributed by atoms with Crippen molar-refractivity contribution in [2.75, 3.05) is 12.1 Å². The van der Waals surface area contributed by atoms with Gasteiger partial charge in [0.1, 0.15) is 0 Å². The average molecular weight is 225 g/mol. The molecule has 0 radical (unpaired) electrons. The molecule has 0 aliphatic heterocycles. The minimum absolute atomic E-state index is 0.0506. The van der Waals surface area contributed by atoms with Gasteiger partial charge in [-0.25, -0.2) is 14.4 Å². The monoisotopic (exact) mass is 225 g/mol. The second-order valence-corrected chi connectivity index (χ2v) is 2.66. The van der Waals surface area contributed by atoms with Crippen LogP contribution in [0.15, 0.2) is 4.63 Å². The van der Waals surface area contributed by atoms with Gasteiger partial charge in [0.15, 0.2) is 11.3 Å². The van der Waals surface area contributed by atoms with Crippen molar-refractivity contribution >= 4 is 23.0 Å². The fourth-order valence-corrected chi connectivity index (χ4v) is 1.06. The van der Waals surface area contributed by atoms with E-state index in [0.29, 0.717) is 0 Å². The predicted molar refractivity (Wildman–Crippen MR) is 48.8 cm³/mol. The molecule has 0 fully saturated rings. The molecule has 84 valence electrons. The number of nitrogens with zero attached hydrogens (tertiary/aromatic N) is 4. The normalized spacial score (nSPS) is 10.4. The van der Waals surface area contributed by atoms with Crippen molar-refractivity contribution < 1.29 is 19.4 Å². The zero-order valence-corrected chi connectivity index (χ0v) is 8.17. The van der Waals surface area contributed by atoms with Crippen LogP contribution >= 0.6 is 0 Å². The molecule has 0 bridgehead atoms. The topological polar surface area (TPSA) is 123 Å². The SMILES string of the molecule is CCOC(=O)c1nc(NO)c2nonc2n1. The van der Waals surface area contributed by atoms with Crippen LogP contribution in [0.3, 0.4) is 0 Å². The number of carbonyl (C=O) groups excluding carboxylic acids is 1. The first-order valence-electron chi connectivity index (χ1n) is 4.33. The highest BCUT2D eigenvalue weighted by Gasteiger charge is 2.17. The first-order chi connectivity index (χ1) is 7.76. The van der Waals surface area contributed by atoms with Crippen LogP contribution in [0.25, 0.3) is 11.2 Å². The zero-order chi connectivity index (χ0) is 11.5. The largest absolute Gasteiger partial charge is 0.460 e. The summed E-state index contributed by atoms with van der Waals surface area (Å²) in [7, 11) is 0. The van der Waals surface area contributed by atoms with Crippen LogP contribution in [0.2, 0.25) is 0 Å². The molecule has 2 aromatic heterocycles. The summed E-state index contributed by atoms with van der Waals surface area (Å²) in [5.74, 6) is -1.03. The predicted octanol–water partition coefficient (Wildman–Crippen LogP) is -0.00940. The average Bonchev–Trinajstić information content (AvgIpc) is 2.75. The van der Waals surface area contributed by atoms with Gasteiger partial charge in [-0.15, -0.1) is 0 Å². The lowest BCUT2D eigenvalue weighted by molar-refractivity contribution is 0.0512. The Hall–Kier alpha value is -2.29. The molecule has 0 aliphatic carbocycles. The molecule has 0 saturated carbocycles. The van der Waals surface area contributed by atoms with Gasteiger partial charge in [-0.1, -0.05) is 0 Å². The molecule has 2 N–H and O–H groups in total. The quantitative estimate of drug-likeness (QED) is 0.548. The summed E-state index contributed by atoms with van der Waals surface area (Å²) in [5, 5.41) is 15.7. The van der Waals surface area contributed by atoms with Crippen LogP contribution in [0, 0.1) is 0 Å². The number of nitrogens with one attached hydrogen (secondary N) is 1. The summed E-state index contributed by atoms with van der Waals surface area (Å²) in [6, 6.07) is 0. The van der Waals surface area contributed by atoms with Crippen molar-refractivity contribution in [3.05, 3.63) is 5.82 Å². The number of hydrogen-bond acceptors (Lipinski definition) is 9. The van der Waals surface area contributed by atoms with E-state index >= 15 is 0 Å². The number of fused-ring (bicyclic) bond motifs is 1. The highest BCUT2D eigenvalue weighted by Crippen LogP contribution is 2.15. The van der Waals surface area contributed by atoms with E-state index in [1.165, 1.54) is 0 Å². The van der Waals surface area contributed by atoms with Crippen LogP contribution in [0.1, 0.15) is 17.5 Å². The smallest absolute Gasteiger partial charge is 0.376 e. The minimum Gasteiger partial charge on any atom is -0.460 e. The fourth-order valence-electron chi connectivity index (χ4n) is 1.06. The number of rotatable bonds is 3. The summed E-state index contributed by atoms with van der Waals surface area (Å²) in [5.41, 5.74) is 1.94. The fraction of sp³-hybridized carbons (Fsp3) is 0.286.